The second-order valence-corrected chi connectivity index (χ2v) is 7.39. The Kier molecular flexibility index (Phi) is 3.18. The van der Waals surface area contributed by atoms with Crippen LogP contribution in [0.15, 0.2) is 36.4 Å². The van der Waals surface area contributed by atoms with Crippen LogP contribution >= 0.6 is 0 Å². The Morgan fingerprint density at radius 2 is 1.55 bits per heavy atom. The Bertz CT molecular complexity index is 452. The molecule has 4 fully saturated rings. The van der Waals surface area contributed by atoms with Gasteiger partial charge in [0.25, 0.3) is 0 Å². The SMILES string of the molecule is C(=C\c1ccccc1)/CNC12CC3CC(CC(C3)C1)C2. The molecular formula is C19H25N. The summed E-state index contributed by atoms with van der Waals surface area (Å²) in [4.78, 5) is 0. The van der Waals surface area contributed by atoms with Crippen molar-refractivity contribution in [1.29, 1.82) is 0 Å². The van der Waals surface area contributed by atoms with E-state index in [4.69, 9.17) is 0 Å². The van der Waals surface area contributed by atoms with E-state index in [1.165, 1.54) is 44.1 Å². The van der Waals surface area contributed by atoms with E-state index in [1.807, 2.05) is 0 Å². The van der Waals surface area contributed by atoms with Gasteiger partial charge < -0.3 is 5.32 Å². The molecule has 5 rings (SSSR count). The predicted molar refractivity (Wildman–Crippen MR) is 84.4 cm³/mol. The highest BCUT2D eigenvalue weighted by molar-refractivity contribution is 5.48. The largest absolute Gasteiger partial charge is 0.308 e. The summed E-state index contributed by atoms with van der Waals surface area (Å²) in [7, 11) is 0. The van der Waals surface area contributed by atoms with Crippen molar-refractivity contribution in [1.82, 2.24) is 5.32 Å². The zero-order valence-electron chi connectivity index (χ0n) is 12.2. The number of rotatable bonds is 4. The van der Waals surface area contributed by atoms with Crippen molar-refractivity contribution >= 4 is 6.08 Å². The Morgan fingerprint density at radius 1 is 0.950 bits per heavy atom. The smallest absolute Gasteiger partial charge is 0.0192 e. The van der Waals surface area contributed by atoms with Gasteiger partial charge in [-0.1, -0.05) is 42.5 Å². The minimum Gasteiger partial charge on any atom is -0.308 e. The molecule has 0 spiro atoms. The fourth-order valence-corrected chi connectivity index (χ4v) is 5.36. The monoisotopic (exact) mass is 267 g/mol. The van der Waals surface area contributed by atoms with Crippen LogP contribution in [0.5, 0.6) is 0 Å². The van der Waals surface area contributed by atoms with Gasteiger partial charge in [-0.15, -0.1) is 0 Å². The third kappa shape index (κ3) is 2.44. The Morgan fingerprint density at radius 3 is 2.15 bits per heavy atom. The minimum atomic E-state index is 0.496. The number of benzene rings is 1. The molecule has 106 valence electrons. The van der Waals surface area contributed by atoms with E-state index in [0.717, 1.165) is 24.3 Å². The summed E-state index contributed by atoms with van der Waals surface area (Å²) in [6.07, 6.45) is 13.5. The lowest BCUT2D eigenvalue weighted by Crippen LogP contribution is -2.58. The van der Waals surface area contributed by atoms with Crippen LogP contribution in [0.2, 0.25) is 0 Å². The number of nitrogens with one attached hydrogen (secondary N) is 1. The molecule has 1 aromatic carbocycles. The summed E-state index contributed by atoms with van der Waals surface area (Å²) < 4.78 is 0. The maximum Gasteiger partial charge on any atom is 0.0192 e. The lowest BCUT2D eigenvalue weighted by Gasteiger charge is -2.57. The quantitative estimate of drug-likeness (QED) is 0.859. The molecule has 0 saturated heterocycles. The van der Waals surface area contributed by atoms with E-state index in [9.17, 15) is 0 Å². The molecule has 20 heavy (non-hydrogen) atoms. The highest BCUT2D eigenvalue weighted by Crippen LogP contribution is 2.55. The van der Waals surface area contributed by atoms with Crippen molar-refractivity contribution in [2.45, 2.75) is 44.1 Å². The Balaban J connectivity index is 1.37. The summed E-state index contributed by atoms with van der Waals surface area (Å²) in [5, 5.41) is 3.91. The molecule has 4 aliphatic rings. The van der Waals surface area contributed by atoms with Crippen LogP contribution in [0.4, 0.5) is 0 Å². The van der Waals surface area contributed by atoms with Gasteiger partial charge in [-0.05, 0) is 61.8 Å². The van der Waals surface area contributed by atoms with Gasteiger partial charge in [0.15, 0.2) is 0 Å². The average molecular weight is 267 g/mol. The number of hydrogen-bond donors (Lipinski definition) is 1. The molecular weight excluding hydrogens is 242 g/mol. The fraction of sp³-hybridized carbons (Fsp3) is 0.579. The van der Waals surface area contributed by atoms with Crippen LogP contribution in [0.3, 0.4) is 0 Å². The van der Waals surface area contributed by atoms with Gasteiger partial charge >= 0.3 is 0 Å². The molecule has 1 nitrogen and oxygen atoms in total. The van der Waals surface area contributed by atoms with Gasteiger partial charge in [0.1, 0.15) is 0 Å². The van der Waals surface area contributed by atoms with E-state index in [1.54, 1.807) is 0 Å². The zero-order valence-corrected chi connectivity index (χ0v) is 12.2. The zero-order chi connectivity index (χ0) is 13.4. The van der Waals surface area contributed by atoms with Crippen LogP contribution in [0.25, 0.3) is 6.08 Å². The standard InChI is InChI=1S/C19H25N/c1-2-5-15(6-3-1)7-4-8-20-19-12-16-9-17(13-19)11-18(10-16)14-19/h1-7,16-18,20H,8-14H2/b7-4+. The first-order valence-electron chi connectivity index (χ1n) is 8.28. The second kappa shape index (κ2) is 5.04. The average Bonchev–Trinajstić information content (AvgIpc) is 2.43. The normalized spacial score (nSPS) is 38.7. The molecule has 4 saturated carbocycles. The summed E-state index contributed by atoms with van der Waals surface area (Å²) in [5.74, 6) is 3.10. The maximum atomic E-state index is 3.91. The fourth-order valence-electron chi connectivity index (χ4n) is 5.36. The van der Waals surface area contributed by atoms with Gasteiger partial charge in [0.2, 0.25) is 0 Å². The first-order valence-corrected chi connectivity index (χ1v) is 8.28. The third-order valence-electron chi connectivity index (χ3n) is 5.74. The van der Waals surface area contributed by atoms with Crippen LogP contribution in [-0.2, 0) is 0 Å². The topological polar surface area (TPSA) is 12.0 Å². The molecule has 0 unspecified atom stereocenters. The first kappa shape index (κ1) is 12.6. The molecule has 0 amide bonds. The second-order valence-electron chi connectivity index (χ2n) is 7.39. The molecule has 0 radical (unpaired) electrons. The minimum absolute atomic E-state index is 0.496. The summed E-state index contributed by atoms with van der Waals surface area (Å²) >= 11 is 0. The van der Waals surface area contributed by atoms with Crippen LogP contribution in [0, 0.1) is 17.8 Å². The van der Waals surface area contributed by atoms with Crippen LogP contribution < -0.4 is 5.32 Å². The van der Waals surface area contributed by atoms with E-state index >= 15 is 0 Å². The molecule has 1 aromatic rings. The molecule has 0 aliphatic heterocycles. The van der Waals surface area contributed by atoms with Crippen LogP contribution in [0.1, 0.15) is 44.1 Å². The van der Waals surface area contributed by atoms with Crippen molar-refractivity contribution in [3.8, 4) is 0 Å². The highest BCUT2D eigenvalue weighted by atomic mass is 15.0. The summed E-state index contributed by atoms with van der Waals surface area (Å²) in [5.41, 5.74) is 1.80. The van der Waals surface area contributed by atoms with Gasteiger partial charge in [-0.2, -0.15) is 0 Å². The molecule has 0 heterocycles. The van der Waals surface area contributed by atoms with Crippen molar-refractivity contribution in [3.63, 3.8) is 0 Å². The first-order chi connectivity index (χ1) is 9.81. The Labute approximate surface area is 122 Å². The van der Waals surface area contributed by atoms with Crippen molar-refractivity contribution in [2.75, 3.05) is 6.54 Å². The third-order valence-corrected chi connectivity index (χ3v) is 5.74. The molecule has 0 aromatic heterocycles. The Hall–Kier alpha value is -1.08. The molecule has 0 atom stereocenters. The van der Waals surface area contributed by atoms with Gasteiger partial charge in [-0.3, -0.25) is 0 Å². The molecule has 1 N–H and O–H groups in total. The predicted octanol–water partition coefficient (Wildman–Crippen LogP) is 4.26. The maximum absolute atomic E-state index is 3.91. The van der Waals surface area contributed by atoms with Gasteiger partial charge in [0, 0.05) is 12.1 Å². The lowest BCUT2D eigenvalue weighted by molar-refractivity contribution is -0.0178. The molecule has 4 aliphatic carbocycles. The van der Waals surface area contributed by atoms with E-state index in [2.05, 4.69) is 47.8 Å². The van der Waals surface area contributed by atoms with E-state index in [-0.39, 0.29) is 0 Å². The lowest BCUT2D eigenvalue weighted by atomic mass is 9.53. The van der Waals surface area contributed by atoms with Crippen LogP contribution in [-0.4, -0.2) is 12.1 Å². The van der Waals surface area contributed by atoms with Gasteiger partial charge in [0.05, 0.1) is 0 Å². The molecule has 1 heteroatoms. The van der Waals surface area contributed by atoms with E-state index in [0.29, 0.717) is 5.54 Å². The van der Waals surface area contributed by atoms with Gasteiger partial charge in [-0.25, -0.2) is 0 Å². The number of hydrogen-bond acceptors (Lipinski definition) is 1. The highest BCUT2D eigenvalue weighted by Gasteiger charge is 2.50. The molecule has 4 bridgehead atoms. The van der Waals surface area contributed by atoms with Crippen molar-refractivity contribution < 1.29 is 0 Å². The van der Waals surface area contributed by atoms with Crippen molar-refractivity contribution in [2.24, 2.45) is 17.8 Å². The van der Waals surface area contributed by atoms with E-state index < -0.39 is 0 Å². The van der Waals surface area contributed by atoms with Crippen molar-refractivity contribution in [3.05, 3.63) is 42.0 Å². The summed E-state index contributed by atoms with van der Waals surface area (Å²) in [6.45, 7) is 1.03. The summed E-state index contributed by atoms with van der Waals surface area (Å²) in [6, 6.07) is 10.6.